The van der Waals surface area contributed by atoms with Crippen LogP contribution in [0.5, 0.6) is 0 Å². The molecule has 0 unspecified atom stereocenters. The van der Waals surface area contributed by atoms with Gasteiger partial charge >= 0.3 is 0 Å². The number of nitrogens with one attached hydrogen (secondary N) is 1. The maximum absolute atomic E-state index is 11.1. The molecule has 20 heavy (non-hydrogen) atoms. The van der Waals surface area contributed by atoms with Crippen molar-refractivity contribution in [3.8, 4) is 0 Å². The Morgan fingerprint density at radius 3 is 2.60 bits per heavy atom. The molecule has 1 aromatic rings. The molecule has 1 aromatic heterocycles. The first-order valence-electron chi connectivity index (χ1n) is 6.65. The molecule has 0 aliphatic carbocycles. The van der Waals surface area contributed by atoms with Gasteiger partial charge in [0.1, 0.15) is 0 Å². The molecular formula is C11H20N8O. The Bertz CT molecular complexity index is 473. The van der Waals surface area contributed by atoms with Crippen LogP contribution in [0.1, 0.15) is 19.8 Å². The third kappa shape index (κ3) is 3.23. The second-order valence-electron chi connectivity index (χ2n) is 4.58. The van der Waals surface area contributed by atoms with E-state index in [1.807, 2.05) is 6.92 Å². The van der Waals surface area contributed by atoms with E-state index < -0.39 is 5.91 Å². The largest absolute Gasteiger partial charge is 0.368 e. The predicted molar refractivity (Wildman–Crippen MR) is 76.2 cm³/mol. The van der Waals surface area contributed by atoms with Crippen molar-refractivity contribution in [3.05, 3.63) is 0 Å². The van der Waals surface area contributed by atoms with E-state index in [-0.39, 0.29) is 12.5 Å². The van der Waals surface area contributed by atoms with Crippen molar-refractivity contribution in [2.45, 2.75) is 19.8 Å². The molecule has 2 heterocycles. The number of amides is 1. The molecule has 9 heteroatoms. The van der Waals surface area contributed by atoms with Crippen molar-refractivity contribution in [1.82, 2.24) is 15.0 Å². The standard InChI is InChI=1S/C11H20N8O/c1-2-18(7-8(12)20)10-14-9(17-13)15-11(16-10)19-5-3-4-6-19/h2-7,13H2,1H3,(H2,12,20)(H,14,15,16,17). The van der Waals surface area contributed by atoms with E-state index in [1.54, 1.807) is 4.90 Å². The van der Waals surface area contributed by atoms with Crippen LogP contribution < -0.4 is 26.8 Å². The number of hydrogen-bond donors (Lipinski definition) is 3. The number of carbonyl (C=O) groups is 1. The molecular weight excluding hydrogens is 260 g/mol. The predicted octanol–water partition coefficient (Wildman–Crippen LogP) is -0.931. The van der Waals surface area contributed by atoms with Gasteiger partial charge in [0.2, 0.25) is 23.8 Å². The first kappa shape index (κ1) is 14.3. The van der Waals surface area contributed by atoms with Crippen molar-refractivity contribution in [2.75, 3.05) is 41.4 Å². The number of nitrogens with zero attached hydrogens (tertiary/aromatic N) is 5. The van der Waals surface area contributed by atoms with Crippen molar-refractivity contribution in [3.63, 3.8) is 0 Å². The van der Waals surface area contributed by atoms with Crippen LogP contribution in [0, 0.1) is 0 Å². The number of aromatic nitrogens is 3. The van der Waals surface area contributed by atoms with Crippen LogP contribution in [0.3, 0.4) is 0 Å². The molecule has 1 fully saturated rings. The Labute approximate surface area is 117 Å². The first-order chi connectivity index (χ1) is 9.63. The number of hydrazine groups is 1. The average Bonchev–Trinajstić information content (AvgIpc) is 2.98. The normalized spacial score (nSPS) is 14.4. The van der Waals surface area contributed by atoms with Crippen LogP contribution in [0.25, 0.3) is 0 Å². The van der Waals surface area contributed by atoms with E-state index in [0.29, 0.717) is 18.4 Å². The zero-order valence-corrected chi connectivity index (χ0v) is 11.5. The lowest BCUT2D eigenvalue weighted by Crippen LogP contribution is -2.35. The maximum Gasteiger partial charge on any atom is 0.243 e. The molecule has 0 saturated carbocycles. The quantitative estimate of drug-likeness (QED) is 0.450. The lowest BCUT2D eigenvalue weighted by Gasteiger charge is -2.22. The fourth-order valence-corrected chi connectivity index (χ4v) is 2.13. The number of hydrogen-bond acceptors (Lipinski definition) is 8. The van der Waals surface area contributed by atoms with Crippen LogP contribution >= 0.6 is 0 Å². The number of primary amides is 1. The molecule has 0 aromatic carbocycles. The summed E-state index contributed by atoms with van der Waals surface area (Å²) in [6.07, 6.45) is 2.23. The van der Waals surface area contributed by atoms with Crippen molar-refractivity contribution < 1.29 is 4.79 Å². The zero-order chi connectivity index (χ0) is 14.5. The minimum Gasteiger partial charge on any atom is -0.368 e. The smallest absolute Gasteiger partial charge is 0.243 e. The lowest BCUT2D eigenvalue weighted by atomic mass is 10.4. The van der Waals surface area contributed by atoms with Gasteiger partial charge < -0.3 is 15.5 Å². The summed E-state index contributed by atoms with van der Waals surface area (Å²) in [5.41, 5.74) is 7.67. The highest BCUT2D eigenvalue weighted by molar-refractivity contribution is 5.78. The van der Waals surface area contributed by atoms with E-state index in [4.69, 9.17) is 11.6 Å². The van der Waals surface area contributed by atoms with Gasteiger partial charge in [-0.15, -0.1) is 0 Å². The molecule has 0 radical (unpaired) electrons. The fraction of sp³-hybridized carbons (Fsp3) is 0.636. The number of rotatable bonds is 6. The van der Waals surface area contributed by atoms with Gasteiger partial charge in [-0.2, -0.15) is 15.0 Å². The Balaban J connectivity index is 2.30. The molecule has 0 atom stereocenters. The molecule has 5 N–H and O–H groups in total. The summed E-state index contributed by atoms with van der Waals surface area (Å²) in [7, 11) is 0. The van der Waals surface area contributed by atoms with Crippen molar-refractivity contribution >= 4 is 23.8 Å². The number of likely N-dealkylation sites (N-methyl/N-ethyl adjacent to an activating group) is 1. The second-order valence-corrected chi connectivity index (χ2v) is 4.58. The summed E-state index contributed by atoms with van der Waals surface area (Å²) < 4.78 is 0. The Morgan fingerprint density at radius 2 is 2.05 bits per heavy atom. The molecule has 9 nitrogen and oxygen atoms in total. The summed E-state index contributed by atoms with van der Waals surface area (Å²) >= 11 is 0. The van der Waals surface area contributed by atoms with E-state index in [2.05, 4.69) is 25.3 Å². The molecule has 1 amide bonds. The van der Waals surface area contributed by atoms with Gasteiger partial charge in [-0.05, 0) is 19.8 Å². The van der Waals surface area contributed by atoms with Gasteiger partial charge in [-0.1, -0.05) is 0 Å². The van der Waals surface area contributed by atoms with E-state index in [0.717, 1.165) is 25.9 Å². The summed E-state index contributed by atoms with van der Waals surface area (Å²) in [5, 5.41) is 0. The minimum absolute atomic E-state index is 0.0595. The Hall–Kier alpha value is -2.16. The first-order valence-corrected chi connectivity index (χ1v) is 6.65. The van der Waals surface area contributed by atoms with Crippen molar-refractivity contribution in [1.29, 1.82) is 0 Å². The Morgan fingerprint density at radius 1 is 1.35 bits per heavy atom. The monoisotopic (exact) mass is 280 g/mol. The highest BCUT2D eigenvalue weighted by atomic mass is 16.1. The lowest BCUT2D eigenvalue weighted by molar-refractivity contribution is -0.116. The molecule has 1 aliphatic heterocycles. The summed E-state index contributed by atoms with van der Waals surface area (Å²) in [6.45, 7) is 4.35. The SMILES string of the molecule is CCN(CC(N)=O)c1nc(NN)nc(N2CCCC2)n1. The molecule has 110 valence electrons. The van der Waals surface area contributed by atoms with Crippen LogP contribution in [-0.2, 0) is 4.79 Å². The fourth-order valence-electron chi connectivity index (χ4n) is 2.13. The zero-order valence-electron chi connectivity index (χ0n) is 11.5. The highest BCUT2D eigenvalue weighted by Gasteiger charge is 2.19. The van der Waals surface area contributed by atoms with Gasteiger partial charge in [-0.3, -0.25) is 10.2 Å². The van der Waals surface area contributed by atoms with Gasteiger partial charge in [-0.25, -0.2) is 5.84 Å². The van der Waals surface area contributed by atoms with Crippen molar-refractivity contribution in [2.24, 2.45) is 11.6 Å². The molecule has 1 aliphatic rings. The highest BCUT2D eigenvalue weighted by Crippen LogP contribution is 2.19. The average molecular weight is 280 g/mol. The van der Waals surface area contributed by atoms with Crippen LogP contribution in [0.4, 0.5) is 17.8 Å². The van der Waals surface area contributed by atoms with Gasteiger partial charge in [0.05, 0.1) is 6.54 Å². The van der Waals surface area contributed by atoms with E-state index in [1.165, 1.54) is 0 Å². The van der Waals surface area contributed by atoms with Gasteiger partial charge in [0.25, 0.3) is 0 Å². The van der Waals surface area contributed by atoms with E-state index in [9.17, 15) is 4.79 Å². The molecule has 0 bridgehead atoms. The summed E-state index contributed by atoms with van der Waals surface area (Å²) in [5.74, 6) is 6.21. The Kier molecular flexibility index (Phi) is 4.51. The number of nitrogen functional groups attached to an aromatic ring is 1. The third-order valence-electron chi connectivity index (χ3n) is 3.14. The second kappa shape index (κ2) is 6.33. The maximum atomic E-state index is 11.1. The number of anilines is 3. The minimum atomic E-state index is -0.433. The molecule has 1 saturated heterocycles. The van der Waals surface area contributed by atoms with Gasteiger partial charge in [0, 0.05) is 19.6 Å². The number of carbonyl (C=O) groups excluding carboxylic acids is 1. The molecule has 2 rings (SSSR count). The topological polar surface area (TPSA) is 126 Å². The third-order valence-corrected chi connectivity index (χ3v) is 3.14. The summed E-state index contributed by atoms with van der Waals surface area (Å²) in [6, 6.07) is 0. The summed E-state index contributed by atoms with van der Waals surface area (Å²) in [4.78, 5) is 27.7. The number of nitrogens with two attached hydrogens (primary N) is 2. The van der Waals surface area contributed by atoms with Gasteiger partial charge in [0.15, 0.2) is 0 Å². The van der Waals surface area contributed by atoms with E-state index >= 15 is 0 Å². The van der Waals surface area contributed by atoms with Crippen LogP contribution in [0.2, 0.25) is 0 Å². The van der Waals surface area contributed by atoms with Crippen LogP contribution in [-0.4, -0.2) is 47.0 Å². The van der Waals surface area contributed by atoms with Crippen LogP contribution in [0.15, 0.2) is 0 Å². The molecule has 0 spiro atoms.